The Morgan fingerprint density at radius 1 is 1.00 bits per heavy atom. The van der Waals surface area contributed by atoms with Crippen LogP contribution in [0.3, 0.4) is 0 Å². The average molecular weight is 371 g/mol. The molecule has 0 radical (unpaired) electrons. The molecule has 6 heteroatoms. The number of hydrogen-bond acceptors (Lipinski definition) is 4. The minimum absolute atomic E-state index is 0.115. The van der Waals surface area contributed by atoms with E-state index in [0.29, 0.717) is 23.6 Å². The fraction of sp³-hybridized carbons (Fsp3) is 0.0909. The highest BCUT2D eigenvalue weighted by atomic mass is 16.7. The number of hydrogen-bond donors (Lipinski definition) is 0. The summed E-state index contributed by atoms with van der Waals surface area (Å²) in [6.45, 7) is 0.569. The Morgan fingerprint density at radius 2 is 1.82 bits per heavy atom. The molecule has 138 valence electrons. The van der Waals surface area contributed by atoms with Crippen LogP contribution in [-0.2, 0) is 6.54 Å². The zero-order valence-electron chi connectivity index (χ0n) is 15.0. The van der Waals surface area contributed by atoms with Crippen molar-refractivity contribution in [3.63, 3.8) is 0 Å². The first kappa shape index (κ1) is 16.4. The highest BCUT2D eigenvalue weighted by molar-refractivity contribution is 6.06. The molecule has 1 aliphatic heterocycles. The van der Waals surface area contributed by atoms with Crippen molar-refractivity contribution in [3.05, 3.63) is 90.4 Å². The molecule has 1 amide bonds. The summed E-state index contributed by atoms with van der Waals surface area (Å²) in [5.41, 5.74) is 3.13. The van der Waals surface area contributed by atoms with Gasteiger partial charge in [0.25, 0.3) is 5.91 Å². The van der Waals surface area contributed by atoms with Gasteiger partial charge in [0.2, 0.25) is 6.79 Å². The summed E-state index contributed by atoms with van der Waals surface area (Å²) in [5, 5.41) is 0. The average Bonchev–Trinajstić information content (AvgIpc) is 3.38. The molecule has 0 saturated carbocycles. The molecular formula is C22H17N3O3. The predicted octanol–water partition coefficient (Wildman–Crippen LogP) is 3.91. The van der Waals surface area contributed by atoms with Crippen LogP contribution in [0, 0.1) is 0 Å². The molecule has 5 rings (SSSR count). The van der Waals surface area contributed by atoms with E-state index in [-0.39, 0.29) is 12.7 Å². The van der Waals surface area contributed by atoms with E-state index in [4.69, 9.17) is 9.47 Å². The van der Waals surface area contributed by atoms with Crippen LogP contribution in [0.25, 0.3) is 5.65 Å². The number of rotatable bonds is 4. The van der Waals surface area contributed by atoms with E-state index in [2.05, 4.69) is 4.98 Å². The molecule has 1 aliphatic rings. The monoisotopic (exact) mass is 371 g/mol. The lowest BCUT2D eigenvalue weighted by atomic mass is 10.1. The second-order valence-electron chi connectivity index (χ2n) is 6.47. The van der Waals surface area contributed by atoms with Gasteiger partial charge < -0.3 is 18.8 Å². The van der Waals surface area contributed by atoms with Gasteiger partial charge in [-0.3, -0.25) is 4.79 Å². The maximum atomic E-state index is 13.4. The summed E-state index contributed by atoms with van der Waals surface area (Å²) < 4.78 is 12.8. The molecule has 0 N–H and O–H groups in total. The molecule has 0 bridgehead atoms. The van der Waals surface area contributed by atoms with Crippen LogP contribution in [0.4, 0.5) is 5.69 Å². The van der Waals surface area contributed by atoms with E-state index in [0.717, 1.165) is 17.0 Å². The van der Waals surface area contributed by atoms with Crippen LogP contribution in [0.15, 0.2) is 79.1 Å². The Morgan fingerprint density at radius 3 is 2.71 bits per heavy atom. The molecule has 0 aliphatic carbocycles. The Labute approximate surface area is 161 Å². The van der Waals surface area contributed by atoms with E-state index >= 15 is 0 Å². The zero-order chi connectivity index (χ0) is 18.9. The van der Waals surface area contributed by atoms with Crippen LogP contribution in [0.1, 0.15) is 16.1 Å². The van der Waals surface area contributed by atoms with Crippen LogP contribution < -0.4 is 14.4 Å². The zero-order valence-corrected chi connectivity index (χ0v) is 15.0. The molecule has 0 unspecified atom stereocenters. The van der Waals surface area contributed by atoms with Gasteiger partial charge in [-0.15, -0.1) is 0 Å². The lowest BCUT2D eigenvalue weighted by Gasteiger charge is -2.23. The number of anilines is 1. The molecule has 0 fully saturated rings. The van der Waals surface area contributed by atoms with Gasteiger partial charge >= 0.3 is 0 Å². The van der Waals surface area contributed by atoms with Crippen molar-refractivity contribution in [1.82, 2.24) is 9.38 Å². The van der Waals surface area contributed by atoms with Crippen molar-refractivity contribution >= 4 is 17.2 Å². The fourth-order valence-electron chi connectivity index (χ4n) is 3.34. The highest BCUT2D eigenvalue weighted by Crippen LogP contribution is 2.33. The summed E-state index contributed by atoms with van der Waals surface area (Å²) in [6.07, 6.45) is 3.75. The minimum Gasteiger partial charge on any atom is -0.454 e. The number of fused-ring (bicyclic) bond motifs is 2. The molecule has 2 aromatic carbocycles. The molecule has 2 aromatic heterocycles. The van der Waals surface area contributed by atoms with Crippen LogP contribution in [-0.4, -0.2) is 22.1 Å². The summed E-state index contributed by atoms with van der Waals surface area (Å²) in [5.74, 6) is 1.13. The van der Waals surface area contributed by atoms with Crippen molar-refractivity contribution in [3.8, 4) is 11.5 Å². The summed E-state index contributed by atoms with van der Waals surface area (Å²) in [4.78, 5) is 19.6. The first-order valence-electron chi connectivity index (χ1n) is 8.97. The third-order valence-electron chi connectivity index (χ3n) is 4.75. The number of pyridine rings is 1. The maximum Gasteiger partial charge on any atom is 0.258 e. The summed E-state index contributed by atoms with van der Waals surface area (Å²) in [6, 6.07) is 20.7. The van der Waals surface area contributed by atoms with Crippen molar-refractivity contribution < 1.29 is 14.3 Å². The molecule has 0 spiro atoms. The maximum absolute atomic E-state index is 13.4. The number of imidazole rings is 1. The first-order valence-corrected chi connectivity index (χ1v) is 8.97. The molecule has 0 saturated heterocycles. The van der Waals surface area contributed by atoms with Crippen molar-refractivity contribution in [2.75, 3.05) is 11.7 Å². The number of nitrogens with zero attached hydrogens (tertiary/aromatic N) is 3. The van der Waals surface area contributed by atoms with Gasteiger partial charge in [0.15, 0.2) is 11.5 Å². The number of amides is 1. The normalized spacial score (nSPS) is 12.3. The smallest absolute Gasteiger partial charge is 0.258 e. The topological polar surface area (TPSA) is 56.1 Å². The van der Waals surface area contributed by atoms with Crippen molar-refractivity contribution in [1.29, 1.82) is 0 Å². The second-order valence-corrected chi connectivity index (χ2v) is 6.47. The molecule has 0 atom stereocenters. The van der Waals surface area contributed by atoms with E-state index in [1.165, 1.54) is 0 Å². The van der Waals surface area contributed by atoms with Gasteiger partial charge in [0, 0.05) is 17.4 Å². The van der Waals surface area contributed by atoms with Gasteiger partial charge in [0.05, 0.1) is 18.4 Å². The van der Waals surface area contributed by atoms with E-state index in [1.807, 2.05) is 59.1 Å². The van der Waals surface area contributed by atoms with Crippen LogP contribution >= 0.6 is 0 Å². The standard InChI is InChI=1S/C22H17N3O3/c26-22(16-9-10-19-20(12-16)28-15-27-19)25(17-6-2-1-3-7-17)14-18-13-23-21-8-4-5-11-24(18)21/h1-13H,14-15H2. The van der Waals surface area contributed by atoms with Crippen molar-refractivity contribution in [2.24, 2.45) is 0 Å². The minimum atomic E-state index is -0.115. The van der Waals surface area contributed by atoms with Gasteiger partial charge in [0.1, 0.15) is 5.65 Å². The molecular weight excluding hydrogens is 354 g/mol. The number of carbonyl (C=O) groups is 1. The molecule has 4 aromatic rings. The lowest BCUT2D eigenvalue weighted by molar-refractivity contribution is 0.0984. The number of aromatic nitrogens is 2. The number of benzene rings is 2. The number of para-hydroxylation sites is 1. The largest absolute Gasteiger partial charge is 0.454 e. The van der Waals surface area contributed by atoms with Gasteiger partial charge in [-0.05, 0) is 42.5 Å². The SMILES string of the molecule is O=C(c1ccc2c(c1)OCO2)N(Cc1cnc2ccccn12)c1ccccc1. The first-order chi connectivity index (χ1) is 13.8. The second kappa shape index (κ2) is 6.74. The van der Waals surface area contributed by atoms with Gasteiger partial charge in [-0.2, -0.15) is 0 Å². The lowest BCUT2D eigenvalue weighted by Crippen LogP contribution is -2.30. The fourth-order valence-corrected chi connectivity index (χ4v) is 3.34. The number of carbonyl (C=O) groups excluding carboxylic acids is 1. The van der Waals surface area contributed by atoms with Crippen LogP contribution in [0.2, 0.25) is 0 Å². The van der Waals surface area contributed by atoms with Gasteiger partial charge in [-0.25, -0.2) is 4.98 Å². The molecule has 6 nitrogen and oxygen atoms in total. The molecule has 28 heavy (non-hydrogen) atoms. The Balaban J connectivity index is 1.54. The van der Waals surface area contributed by atoms with E-state index in [1.54, 1.807) is 29.3 Å². The predicted molar refractivity (Wildman–Crippen MR) is 105 cm³/mol. The Bertz CT molecular complexity index is 1150. The summed E-state index contributed by atoms with van der Waals surface area (Å²) >= 11 is 0. The van der Waals surface area contributed by atoms with Crippen molar-refractivity contribution in [2.45, 2.75) is 6.54 Å². The third kappa shape index (κ3) is 2.85. The summed E-state index contributed by atoms with van der Waals surface area (Å²) in [7, 11) is 0. The highest BCUT2D eigenvalue weighted by Gasteiger charge is 2.22. The molecule has 3 heterocycles. The van der Waals surface area contributed by atoms with Crippen LogP contribution in [0.5, 0.6) is 11.5 Å². The van der Waals surface area contributed by atoms with E-state index < -0.39 is 0 Å². The number of ether oxygens (including phenoxy) is 2. The quantitative estimate of drug-likeness (QED) is 0.546. The Kier molecular flexibility index (Phi) is 3.94. The Hall–Kier alpha value is -3.80. The third-order valence-corrected chi connectivity index (χ3v) is 4.75. The van der Waals surface area contributed by atoms with E-state index in [9.17, 15) is 4.79 Å². The van der Waals surface area contributed by atoms with Gasteiger partial charge in [-0.1, -0.05) is 24.3 Å².